The van der Waals surface area contributed by atoms with Crippen molar-refractivity contribution < 1.29 is 4.79 Å². The average molecular weight is 535 g/mol. The molecule has 38 heavy (non-hydrogen) atoms. The van der Waals surface area contributed by atoms with Crippen molar-refractivity contribution in [3.63, 3.8) is 0 Å². The Bertz CT molecular complexity index is 1830. The molecule has 0 aliphatic heterocycles. The number of aromatic nitrogens is 3. The number of hydrogen-bond donors (Lipinski definition) is 1. The summed E-state index contributed by atoms with van der Waals surface area (Å²) in [5, 5.41) is 8.87. The van der Waals surface area contributed by atoms with Gasteiger partial charge in [0.2, 0.25) is 5.91 Å². The molecule has 0 fully saturated rings. The van der Waals surface area contributed by atoms with E-state index in [1.54, 1.807) is 10.6 Å². The van der Waals surface area contributed by atoms with Gasteiger partial charge in [0.25, 0.3) is 5.56 Å². The van der Waals surface area contributed by atoms with E-state index in [9.17, 15) is 9.59 Å². The van der Waals surface area contributed by atoms with Gasteiger partial charge in [-0.15, -0.1) is 11.3 Å². The molecule has 1 amide bonds. The highest BCUT2D eigenvalue weighted by Crippen LogP contribution is 2.28. The molecule has 0 aliphatic rings. The summed E-state index contributed by atoms with van der Waals surface area (Å²) >= 11 is 2.79. The van der Waals surface area contributed by atoms with Gasteiger partial charge >= 0.3 is 0 Å². The smallest absolute Gasteiger partial charge is 0.266 e. The number of anilines is 1. The lowest BCUT2D eigenvalue weighted by Gasteiger charge is -2.13. The summed E-state index contributed by atoms with van der Waals surface area (Å²) < 4.78 is 1.61. The second-order valence-electron chi connectivity index (χ2n) is 8.63. The summed E-state index contributed by atoms with van der Waals surface area (Å²) in [6, 6.07) is 31.2. The minimum absolute atomic E-state index is 0.127. The second kappa shape index (κ2) is 10.6. The zero-order chi connectivity index (χ0) is 25.9. The van der Waals surface area contributed by atoms with Crippen molar-refractivity contribution in [3.05, 3.63) is 113 Å². The molecule has 6 nitrogen and oxygen atoms in total. The lowest BCUT2D eigenvalue weighted by atomic mass is 10.1. The van der Waals surface area contributed by atoms with Crippen LogP contribution in [0.1, 0.15) is 6.42 Å². The Morgan fingerprint density at radius 3 is 2.50 bits per heavy atom. The molecule has 2 heterocycles. The first kappa shape index (κ1) is 24.1. The monoisotopic (exact) mass is 534 g/mol. The summed E-state index contributed by atoms with van der Waals surface area (Å²) in [5.41, 5.74) is 3.10. The van der Waals surface area contributed by atoms with Crippen molar-refractivity contribution in [2.75, 3.05) is 11.1 Å². The van der Waals surface area contributed by atoms with Crippen LogP contribution in [0.3, 0.4) is 0 Å². The first-order valence-corrected chi connectivity index (χ1v) is 14.0. The van der Waals surface area contributed by atoms with Gasteiger partial charge in [-0.05, 0) is 41.1 Å². The van der Waals surface area contributed by atoms with Crippen LogP contribution in [0.25, 0.3) is 38.6 Å². The first-order chi connectivity index (χ1) is 18.7. The van der Waals surface area contributed by atoms with Crippen molar-refractivity contribution in [1.29, 1.82) is 0 Å². The summed E-state index contributed by atoms with van der Waals surface area (Å²) in [5.74, 6) is 0.332. The number of rotatable bonds is 7. The Morgan fingerprint density at radius 2 is 1.63 bits per heavy atom. The number of fused-ring (bicyclic) bond motifs is 2. The van der Waals surface area contributed by atoms with Crippen LogP contribution in [0.5, 0.6) is 0 Å². The third-order valence-electron chi connectivity index (χ3n) is 6.12. The van der Waals surface area contributed by atoms with Crippen molar-refractivity contribution in [2.24, 2.45) is 0 Å². The molecule has 0 saturated heterocycles. The predicted octanol–water partition coefficient (Wildman–Crippen LogP) is 6.78. The van der Waals surface area contributed by atoms with Gasteiger partial charge in [0.1, 0.15) is 0 Å². The molecule has 6 rings (SSSR count). The fourth-order valence-electron chi connectivity index (χ4n) is 4.24. The van der Waals surface area contributed by atoms with Crippen molar-refractivity contribution in [3.8, 4) is 16.9 Å². The normalized spacial score (nSPS) is 11.2. The third-order valence-corrected chi connectivity index (χ3v) is 7.81. The molecule has 6 aromatic rings. The van der Waals surface area contributed by atoms with Crippen molar-refractivity contribution in [2.45, 2.75) is 11.6 Å². The van der Waals surface area contributed by atoms with Crippen LogP contribution in [0.2, 0.25) is 0 Å². The number of thioether (sulfide) groups is 1. The topological polar surface area (TPSA) is 76.9 Å². The number of amides is 1. The largest absolute Gasteiger partial charge is 0.302 e. The van der Waals surface area contributed by atoms with Gasteiger partial charge in [0, 0.05) is 23.1 Å². The molecule has 1 N–H and O–H groups in total. The van der Waals surface area contributed by atoms with E-state index in [2.05, 4.69) is 34.6 Å². The maximum Gasteiger partial charge on any atom is 0.266 e. The summed E-state index contributed by atoms with van der Waals surface area (Å²) in [6.45, 7) is 0. The van der Waals surface area contributed by atoms with Gasteiger partial charge in [-0.2, -0.15) is 0 Å². The van der Waals surface area contributed by atoms with Crippen LogP contribution >= 0.6 is 23.1 Å². The van der Waals surface area contributed by atoms with Crippen LogP contribution in [0.4, 0.5) is 5.13 Å². The van der Waals surface area contributed by atoms with E-state index in [0.717, 1.165) is 22.3 Å². The molecule has 8 heteroatoms. The molecule has 0 saturated carbocycles. The van der Waals surface area contributed by atoms with Gasteiger partial charge in [0.15, 0.2) is 10.3 Å². The van der Waals surface area contributed by atoms with Crippen LogP contribution in [0, 0.1) is 0 Å². The van der Waals surface area contributed by atoms with Crippen molar-refractivity contribution >= 4 is 55.8 Å². The molecular formula is C30H22N4O2S2. The molecule has 4 aromatic carbocycles. The fourth-order valence-corrected chi connectivity index (χ4v) is 5.93. The molecule has 0 atom stereocenters. The number of para-hydroxylation sites is 2. The lowest BCUT2D eigenvalue weighted by molar-refractivity contribution is -0.115. The second-order valence-corrected chi connectivity index (χ2v) is 10.6. The first-order valence-electron chi connectivity index (χ1n) is 12.1. The van der Waals surface area contributed by atoms with E-state index in [-0.39, 0.29) is 17.9 Å². The molecule has 0 unspecified atom stereocenters. The number of nitrogens with zero attached hydrogens (tertiary/aromatic N) is 3. The molecule has 0 bridgehead atoms. The quantitative estimate of drug-likeness (QED) is 0.180. The molecule has 0 spiro atoms. The molecule has 2 aromatic heterocycles. The molecule has 186 valence electrons. The maximum atomic E-state index is 13.3. The Morgan fingerprint density at radius 1 is 0.868 bits per heavy atom. The van der Waals surface area contributed by atoms with E-state index in [1.807, 2.05) is 72.1 Å². The molecule has 0 aliphatic carbocycles. The summed E-state index contributed by atoms with van der Waals surface area (Å²) in [4.78, 5) is 35.4. The Hall–Kier alpha value is -4.27. The van der Waals surface area contributed by atoms with Crippen LogP contribution in [-0.2, 0) is 4.79 Å². The van der Waals surface area contributed by atoms with Gasteiger partial charge in [-0.1, -0.05) is 78.5 Å². The number of thiazole rings is 1. The van der Waals surface area contributed by atoms with E-state index >= 15 is 0 Å². The minimum atomic E-state index is -0.133. The zero-order valence-corrected chi connectivity index (χ0v) is 21.8. The minimum Gasteiger partial charge on any atom is -0.302 e. The highest BCUT2D eigenvalue weighted by Gasteiger charge is 2.14. The summed E-state index contributed by atoms with van der Waals surface area (Å²) in [6.07, 6.45) is 0.257. The fraction of sp³-hybridized carbons (Fsp3) is 0.0667. The maximum absolute atomic E-state index is 13.3. The van der Waals surface area contributed by atoms with Crippen molar-refractivity contribution in [1.82, 2.24) is 14.5 Å². The Labute approximate surface area is 227 Å². The summed E-state index contributed by atoms with van der Waals surface area (Å²) in [7, 11) is 0. The van der Waals surface area contributed by atoms with Crippen LogP contribution in [-0.4, -0.2) is 26.2 Å². The molecular weight excluding hydrogens is 512 g/mol. The number of carbonyl (C=O) groups excluding carboxylic acids is 1. The Balaban J connectivity index is 1.15. The van der Waals surface area contributed by atoms with Gasteiger partial charge < -0.3 is 5.32 Å². The van der Waals surface area contributed by atoms with E-state index < -0.39 is 0 Å². The Kier molecular flexibility index (Phi) is 6.73. The average Bonchev–Trinajstić information content (AvgIpc) is 3.42. The third kappa shape index (κ3) is 4.96. The SMILES string of the molecule is O=C(CCSc1nc2ccccc2c(=O)n1-c1ccccc1)Nc1nc(-c2ccc3ccccc3c2)cs1. The molecule has 0 radical (unpaired) electrons. The highest BCUT2D eigenvalue weighted by atomic mass is 32.2. The van der Waals surface area contributed by atoms with Crippen LogP contribution in [0.15, 0.2) is 112 Å². The predicted molar refractivity (Wildman–Crippen MR) is 156 cm³/mol. The van der Waals surface area contributed by atoms with E-state index in [4.69, 9.17) is 4.98 Å². The highest BCUT2D eigenvalue weighted by molar-refractivity contribution is 7.99. The van der Waals surface area contributed by atoms with E-state index in [0.29, 0.717) is 26.9 Å². The number of nitrogens with one attached hydrogen (secondary N) is 1. The standard InChI is InChI=1S/C30H22N4O2S2/c35-27(33-29-31-26(19-38-29)22-15-14-20-8-4-5-9-21(20)18-22)16-17-37-30-32-25-13-7-6-12-24(25)28(36)34(30)23-10-2-1-3-11-23/h1-15,18-19H,16-17H2,(H,31,33,35). The zero-order valence-electron chi connectivity index (χ0n) is 20.2. The van der Waals surface area contributed by atoms with Gasteiger partial charge in [0.05, 0.1) is 22.3 Å². The van der Waals surface area contributed by atoms with Gasteiger partial charge in [-0.25, -0.2) is 9.97 Å². The van der Waals surface area contributed by atoms with Gasteiger partial charge in [-0.3, -0.25) is 14.2 Å². The number of hydrogen-bond acceptors (Lipinski definition) is 6. The number of carbonyl (C=O) groups is 1. The van der Waals surface area contributed by atoms with E-state index in [1.165, 1.54) is 28.5 Å². The van der Waals surface area contributed by atoms with Crippen LogP contribution < -0.4 is 10.9 Å². The number of benzene rings is 4. The lowest BCUT2D eigenvalue weighted by Crippen LogP contribution is -2.22.